The minimum absolute atomic E-state index is 0.0905. The number of carbonyl (C=O) groups excluding carboxylic acids is 1. The summed E-state index contributed by atoms with van der Waals surface area (Å²) in [6.07, 6.45) is 3.67. The first-order valence-electron chi connectivity index (χ1n) is 9.44. The molecule has 0 aromatic carbocycles. The van der Waals surface area contributed by atoms with Gasteiger partial charge in [-0.3, -0.25) is 9.48 Å². The van der Waals surface area contributed by atoms with E-state index in [1.807, 2.05) is 6.92 Å². The molecule has 0 unspecified atom stereocenters. The Kier molecular flexibility index (Phi) is 4.57. The van der Waals surface area contributed by atoms with Gasteiger partial charge in [-0.2, -0.15) is 22.1 Å². The first-order chi connectivity index (χ1) is 12.8. The van der Waals surface area contributed by atoms with E-state index in [0.717, 1.165) is 12.8 Å². The van der Waals surface area contributed by atoms with Crippen molar-refractivity contribution in [1.82, 2.24) is 23.7 Å². The van der Waals surface area contributed by atoms with Crippen molar-refractivity contribution in [3.63, 3.8) is 0 Å². The molecule has 1 aromatic heterocycles. The van der Waals surface area contributed by atoms with Crippen molar-refractivity contribution >= 4 is 16.1 Å². The van der Waals surface area contributed by atoms with Crippen molar-refractivity contribution in [3.05, 3.63) is 18.0 Å². The van der Waals surface area contributed by atoms with Crippen LogP contribution in [0.25, 0.3) is 0 Å². The van der Waals surface area contributed by atoms with E-state index in [9.17, 15) is 13.2 Å². The van der Waals surface area contributed by atoms with Gasteiger partial charge in [-0.05, 0) is 25.8 Å². The highest BCUT2D eigenvalue weighted by Gasteiger charge is 2.64. The van der Waals surface area contributed by atoms with Gasteiger partial charge < -0.3 is 10.1 Å². The predicted molar refractivity (Wildman–Crippen MR) is 98.2 cm³/mol. The summed E-state index contributed by atoms with van der Waals surface area (Å²) in [5.74, 6) is 0.0348. The Balaban J connectivity index is 1.45. The van der Waals surface area contributed by atoms with E-state index in [1.54, 1.807) is 31.0 Å². The Morgan fingerprint density at radius 3 is 2.93 bits per heavy atom. The maximum absolute atomic E-state index is 12.5. The fourth-order valence-corrected chi connectivity index (χ4v) is 5.98. The molecule has 1 amide bonds. The predicted octanol–water partition coefficient (Wildman–Crippen LogP) is -0.0814. The largest absolute Gasteiger partial charge is 0.370 e. The van der Waals surface area contributed by atoms with Gasteiger partial charge in [0.1, 0.15) is 5.69 Å². The van der Waals surface area contributed by atoms with Crippen LogP contribution in [0.1, 0.15) is 30.3 Å². The quantitative estimate of drug-likeness (QED) is 0.724. The highest BCUT2D eigenvalue weighted by molar-refractivity contribution is 7.86. The SMILES string of the molecule is CCn1ccc(C(=O)NC[C@H]2[C@H]3CN(S(=O)(=O)N(C)C)C[C@]34CC[C@H]2O4)n1. The summed E-state index contributed by atoms with van der Waals surface area (Å²) in [7, 11) is -0.363. The minimum Gasteiger partial charge on any atom is -0.370 e. The summed E-state index contributed by atoms with van der Waals surface area (Å²) >= 11 is 0. The van der Waals surface area contributed by atoms with Crippen LogP contribution in [0.5, 0.6) is 0 Å². The molecular formula is C17H27N5O4S. The first kappa shape index (κ1) is 18.9. The number of nitrogens with one attached hydrogen (secondary N) is 1. The molecule has 27 heavy (non-hydrogen) atoms. The summed E-state index contributed by atoms with van der Waals surface area (Å²) in [6, 6.07) is 1.71. The van der Waals surface area contributed by atoms with Gasteiger partial charge in [0.05, 0.1) is 11.7 Å². The molecule has 3 saturated heterocycles. The molecular weight excluding hydrogens is 370 g/mol. The Labute approximate surface area is 159 Å². The van der Waals surface area contributed by atoms with Gasteiger partial charge in [0.25, 0.3) is 16.1 Å². The Morgan fingerprint density at radius 2 is 2.26 bits per heavy atom. The van der Waals surface area contributed by atoms with Gasteiger partial charge in [0, 0.05) is 58.3 Å². The average molecular weight is 398 g/mol. The molecule has 3 aliphatic rings. The molecule has 9 nitrogen and oxygen atoms in total. The zero-order valence-corrected chi connectivity index (χ0v) is 16.8. The van der Waals surface area contributed by atoms with E-state index in [1.165, 1.54) is 8.61 Å². The molecule has 0 aliphatic carbocycles. The van der Waals surface area contributed by atoms with E-state index in [-0.39, 0.29) is 23.8 Å². The van der Waals surface area contributed by atoms with Gasteiger partial charge in [-0.25, -0.2) is 0 Å². The number of amides is 1. The van der Waals surface area contributed by atoms with Gasteiger partial charge in [-0.15, -0.1) is 0 Å². The van der Waals surface area contributed by atoms with Crippen LogP contribution in [0.3, 0.4) is 0 Å². The van der Waals surface area contributed by atoms with E-state index in [2.05, 4.69) is 10.4 Å². The number of carbonyl (C=O) groups is 1. The highest BCUT2D eigenvalue weighted by Crippen LogP contribution is 2.55. The average Bonchev–Trinajstić information content (AvgIpc) is 3.38. The third kappa shape index (κ3) is 2.98. The lowest BCUT2D eigenvalue weighted by Crippen LogP contribution is -2.42. The number of hydrogen-bond donors (Lipinski definition) is 1. The standard InChI is InChI=1S/C17H27N5O4S/c1-4-21-8-6-14(19-21)16(23)18-9-12-13-10-22(27(24,25)20(2)3)11-17(13)7-5-15(12)26-17/h6,8,12-13,15H,4-5,7,9-11H2,1-3H3,(H,18,23)/t12-,13+,15+,17+/m0/s1. The van der Waals surface area contributed by atoms with Crippen LogP contribution in [0.4, 0.5) is 0 Å². The summed E-state index contributed by atoms with van der Waals surface area (Å²) in [4.78, 5) is 12.4. The van der Waals surface area contributed by atoms with Gasteiger partial charge in [0.2, 0.25) is 0 Å². The zero-order chi connectivity index (χ0) is 19.4. The van der Waals surface area contributed by atoms with E-state index in [4.69, 9.17) is 4.74 Å². The normalized spacial score (nSPS) is 33.0. The minimum atomic E-state index is -3.46. The number of aromatic nitrogens is 2. The van der Waals surface area contributed by atoms with Crippen LogP contribution in [0.15, 0.2) is 12.3 Å². The van der Waals surface area contributed by atoms with E-state index >= 15 is 0 Å². The van der Waals surface area contributed by atoms with Crippen LogP contribution >= 0.6 is 0 Å². The third-order valence-electron chi connectivity index (χ3n) is 6.24. The summed E-state index contributed by atoms with van der Waals surface area (Å²) in [6.45, 7) is 4.01. The molecule has 3 fully saturated rings. The van der Waals surface area contributed by atoms with E-state index in [0.29, 0.717) is 31.9 Å². The van der Waals surface area contributed by atoms with Crippen molar-refractivity contribution in [2.24, 2.45) is 11.8 Å². The monoisotopic (exact) mass is 397 g/mol. The van der Waals surface area contributed by atoms with Crippen molar-refractivity contribution in [2.45, 2.75) is 38.0 Å². The summed E-state index contributed by atoms with van der Waals surface area (Å²) in [5, 5.41) is 7.21. The maximum Gasteiger partial charge on any atom is 0.281 e. The van der Waals surface area contributed by atoms with Gasteiger partial charge >= 0.3 is 0 Å². The molecule has 4 heterocycles. The maximum atomic E-state index is 12.5. The second-order valence-corrected chi connectivity index (χ2v) is 10.0. The lowest BCUT2D eigenvalue weighted by molar-refractivity contribution is 0.00774. The summed E-state index contributed by atoms with van der Waals surface area (Å²) in [5.41, 5.74) is 0.00583. The topological polar surface area (TPSA) is 96.8 Å². The molecule has 1 spiro atoms. The number of aryl methyl sites for hydroxylation is 1. The van der Waals surface area contributed by atoms with Crippen LogP contribution in [-0.2, 0) is 21.5 Å². The third-order valence-corrected chi connectivity index (χ3v) is 8.09. The molecule has 3 aliphatic heterocycles. The van der Waals surface area contributed by atoms with Crippen LogP contribution in [-0.4, -0.2) is 78.2 Å². The molecule has 0 radical (unpaired) electrons. The molecule has 0 saturated carbocycles. The zero-order valence-electron chi connectivity index (χ0n) is 16.0. The smallest absolute Gasteiger partial charge is 0.281 e. The highest BCUT2D eigenvalue weighted by atomic mass is 32.2. The molecule has 2 bridgehead atoms. The van der Waals surface area contributed by atoms with Crippen molar-refractivity contribution in [2.75, 3.05) is 33.7 Å². The van der Waals surface area contributed by atoms with E-state index < -0.39 is 15.8 Å². The Hall–Kier alpha value is -1.49. The van der Waals surface area contributed by atoms with Gasteiger partial charge in [0.15, 0.2) is 0 Å². The Bertz CT molecular complexity index is 838. The summed E-state index contributed by atoms with van der Waals surface area (Å²) < 4.78 is 35.8. The van der Waals surface area contributed by atoms with Gasteiger partial charge in [-0.1, -0.05) is 0 Å². The fourth-order valence-electron chi connectivity index (χ4n) is 4.79. The molecule has 4 atom stereocenters. The number of rotatable bonds is 6. The molecule has 4 rings (SSSR count). The molecule has 1 N–H and O–H groups in total. The molecule has 1 aromatic rings. The van der Waals surface area contributed by atoms with Crippen molar-refractivity contribution in [1.29, 1.82) is 0 Å². The van der Waals surface area contributed by atoms with Crippen LogP contribution in [0, 0.1) is 11.8 Å². The lowest BCUT2D eigenvalue weighted by atomic mass is 9.73. The number of hydrogen-bond acceptors (Lipinski definition) is 5. The molecule has 150 valence electrons. The van der Waals surface area contributed by atoms with Crippen LogP contribution in [0.2, 0.25) is 0 Å². The van der Waals surface area contributed by atoms with Crippen LogP contribution < -0.4 is 5.32 Å². The number of ether oxygens (including phenoxy) is 1. The van der Waals surface area contributed by atoms with Crippen molar-refractivity contribution < 1.29 is 17.9 Å². The second-order valence-electron chi connectivity index (χ2n) is 7.88. The lowest BCUT2D eigenvalue weighted by Gasteiger charge is -2.29. The first-order valence-corrected chi connectivity index (χ1v) is 10.8. The van der Waals surface area contributed by atoms with Crippen molar-refractivity contribution in [3.8, 4) is 0 Å². The molecule has 10 heteroatoms. The fraction of sp³-hybridized carbons (Fsp3) is 0.765. The number of fused-ring (bicyclic) bond motifs is 1. The second kappa shape index (κ2) is 6.54. The number of nitrogens with zero attached hydrogens (tertiary/aromatic N) is 4. The Morgan fingerprint density at radius 1 is 1.48 bits per heavy atom.